The molecule has 1 aliphatic heterocycles. The smallest absolute Gasteiger partial charge is 0.219 e. The van der Waals surface area contributed by atoms with Crippen LogP contribution in [0.25, 0.3) is 11.3 Å². The van der Waals surface area contributed by atoms with Crippen molar-refractivity contribution in [1.29, 1.82) is 0 Å². The second kappa shape index (κ2) is 6.44. The minimum absolute atomic E-state index is 0.0754. The molecule has 120 valence electrons. The summed E-state index contributed by atoms with van der Waals surface area (Å²) in [5.41, 5.74) is 2.05. The van der Waals surface area contributed by atoms with Crippen LogP contribution in [-0.2, 0) is 4.79 Å². The van der Waals surface area contributed by atoms with Crippen LogP contribution >= 0.6 is 0 Å². The lowest BCUT2D eigenvalue weighted by Crippen LogP contribution is -2.37. The molecule has 0 aliphatic carbocycles. The van der Waals surface area contributed by atoms with Crippen molar-refractivity contribution in [3.8, 4) is 11.3 Å². The molecule has 1 saturated heterocycles. The van der Waals surface area contributed by atoms with Gasteiger partial charge in [-0.1, -0.05) is 6.07 Å². The van der Waals surface area contributed by atoms with E-state index in [1.807, 2.05) is 17.0 Å². The van der Waals surface area contributed by atoms with Crippen molar-refractivity contribution in [3.63, 3.8) is 0 Å². The van der Waals surface area contributed by atoms with Crippen LogP contribution in [0, 0.1) is 11.6 Å². The van der Waals surface area contributed by atoms with Gasteiger partial charge in [-0.2, -0.15) is 0 Å². The summed E-state index contributed by atoms with van der Waals surface area (Å²) in [7, 11) is 0. The number of carbonyl (C=O) groups is 1. The van der Waals surface area contributed by atoms with Gasteiger partial charge >= 0.3 is 0 Å². The van der Waals surface area contributed by atoms with Crippen LogP contribution in [0.3, 0.4) is 0 Å². The van der Waals surface area contributed by atoms with E-state index in [2.05, 4.69) is 4.98 Å². The van der Waals surface area contributed by atoms with Gasteiger partial charge in [0.25, 0.3) is 0 Å². The number of carbonyl (C=O) groups excluding carboxylic acids is 1. The summed E-state index contributed by atoms with van der Waals surface area (Å²) in [5, 5.41) is 0. The van der Waals surface area contributed by atoms with E-state index in [0.29, 0.717) is 17.8 Å². The number of benzene rings is 1. The zero-order valence-electron chi connectivity index (χ0n) is 12.9. The minimum Gasteiger partial charge on any atom is -0.342 e. The zero-order valence-corrected chi connectivity index (χ0v) is 12.9. The van der Waals surface area contributed by atoms with Crippen LogP contribution in [0.15, 0.2) is 36.4 Å². The lowest BCUT2D eigenvalue weighted by atomic mass is 9.94. The number of hydrogen-bond acceptors (Lipinski definition) is 2. The maximum absolute atomic E-state index is 13.4. The van der Waals surface area contributed by atoms with Crippen molar-refractivity contribution in [1.82, 2.24) is 9.88 Å². The third kappa shape index (κ3) is 3.38. The van der Waals surface area contributed by atoms with Crippen LogP contribution in [0.4, 0.5) is 8.78 Å². The fraction of sp³-hybridized carbons (Fsp3) is 0.333. The first-order chi connectivity index (χ1) is 11.0. The highest BCUT2D eigenvalue weighted by atomic mass is 19.2. The van der Waals surface area contributed by atoms with Gasteiger partial charge in [0.05, 0.1) is 5.69 Å². The molecule has 1 atom stereocenters. The van der Waals surface area contributed by atoms with Gasteiger partial charge in [-0.05, 0) is 43.2 Å². The molecule has 2 aromatic rings. The maximum Gasteiger partial charge on any atom is 0.219 e. The van der Waals surface area contributed by atoms with Gasteiger partial charge in [0.2, 0.25) is 5.91 Å². The number of piperidine rings is 1. The van der Waals surface area contributed by atoms with E-state index >= 15 is 0 Å². The van der Waals surface area contributed by atoms with E-state index in [1.165, 1.54) is 6.07 Å². The summed E-state index contributed by atoms with van der Waals surface area (Å²) >= 11 is 0. The molecule has 2 heterocycles. The predicted octanol–water partition coefficient (Wildman–Crippen LogP) is 3.75. The van der Waals surface area contributed by atoms with E-state index in [1.54, 1.807) is 13.0 Å². The number of nitrogens with zero attached hydrogens (tertiary/aromatic N) is 2. The molecule has 1 aromatic carbocycles. The highest BCUT2D eigenvalue weighted by Crippen LogP contribution is 2.28. The van der Waals surface area contributed by atoms with Crippen molar-refractivity contribution in [3.05, 3.63) is 53.7 Å². The number of pyridine rings is 1. The average Bonchev–Trinajstić information content (AvgIpc) is 2.57. The number of rotatable bonds is 2. The molecule has 0 radical (unpaired) electrons. The Balaban J connectivity index is 1.87. The molecule has 1 amide bonds. The topological polar surface area (TPSA) is 33.2 Å². The third-order valence-electron chi connectivity index (χ3n) is 4.27. The van der Waals surface area contributed by atoms with Crippen molar-refractivity contribution in [2.24, 2.45) is 0 Å². The summed E-state index contributed by atoms with van der Waals surface area (Å²) in [4.78, 5) is 18.0. The Kier molecular flexibility index (Phi) is 4.37. The molecule has 3 rings (SSSR count). The maximum atomic E-state index is 13.4. The molecule has 1 unspecified atom stereocenters. The lowest BCUT2D eigenvalue weighted by Gasteiger charge is -2.31. The fourth-order valence-corrected chi connectivity index (χ4v) is 3.00. The van der Waals surface area contributed by atoms with Crippen LogP contribution in [0.2, 0.25) is 0 Å². The first-order valence-corrected chi connectivity index (χ1v) is 7.72. The van der Waals surface area contributed by atoms with E-state index in [9.17, 15) is 13.6 Å². The van der Waals surface area contributed by atoms with Gasteiger partial charge in [0.15, 0.2) is 11.6 Å². The van der Waals surface area contributed by atoms with Gasteiger partial charge in [-0.15, -0.1) is 0 Å². The molecule has 1 aromatic heterocycles. The van der Waals surface area contributed by atoms with Crippen molar-refractivity contribution in [2.45, 2.75) is 25.7 Å². The van der Waals surface area contributed by atoms with Gasteiger partial charge in [0.1, 0.15) is 0 Å². The second-order valence-corrected chi connectivity index (χ2v) is 5.88. The number of amides is 1. The molecule has 23 heavy (non-hydrogen) atoms. The molecule has 5 heteroatoms. The third-order valence-corrected chi connectivity index (χ3v) is 4.27. The number of aromatic nitrogens is 1. The molecular formula is C18H18F2N2O. The quantitative estimate of drug-likeness (QED) is 0.845. The first-order valence-electron chi connectivity index (χ1n) is 7.72. The molecule has 1 aliphatic rings. The lowest BCUT2D eigenvalue weighted by molar-refractivity contribution is -0.130. The fourth-order valence-electron chi connectivity index (χ4n) is 3.00. The second-order valence-electron chi connectivity index (χ2n) is 5.88. The monoisotopic (exact) mass is 316 g/mol. The Morgan fingerprint density at radius 3 is 2.78 bits per heavy atom. The summed E-state index contributed by atoms with van der Waals surface area (Å²) < 4.78 is 26.5. The van der Waals surface area contributed by atoms with Gasteiger partial charge in [-0.25, -0.2) is 8.78 Å². The summed E-state index contributed by atoms with van der Waals surface area (Å²) in [6.07, 6.45) is 1.92. The predicted molar refractivity (Wildman–Crippen MR) is 83.8 cm³/mol. The summed E-state index contributed by atoms with van der Waals surface area (Å²) in [6, 6.07) is 9.36. The molecule has 1 fully saturated rings. The highest BCUT2D eigenvalue weighted by Gasteiger charge is 2.24. The van der Waals surface area contributed by atoms with E-state index in [-0.39, 0.29) is 11.8 Å². The Hall–Kier alpha value is -2.30. The Labute approximate surface area is 134 Å². The summed E-state index contributed by atoms with van der Waals surface area (Å²) in [5.74, 6) is -1.49. The largest absolute Gasteiger partial charge is 0.342 e. The van der Waals surface area contributed by atoms with Crippen LogP contribution in [0.5, 0.6) is 0 Å². The van der Waals surface area contributed by atoms with Gasteiger partial charge in [-0.3, -0.25) is 9.78 Å². The Bertz CT molecular complexity index is 733. The SMILES string of the molecule is CC(=O)N1CCCC(c2cccc(-c3ccc(F)c(F)c3)n2)C1. The average molecular weight is 316 g/mol. The standard InChI is InChI=1S/C18H18F2N2O/c1-12(23)22-9-3-4-14(11-22)18-6-2-5-17(21-18)13-7-8-15(19)16(20)10-13/h2,5-8,10,14H,3-4,9,11H2,1H3. The van der Waals surface area contributed by atoms with Crippen LogP contribution in [-0.4, -0.2) is 28.9 Å². The van der Waals surface area contributed by atoms with Gasteiger partial charge in [0, 0.05) is 37.2 Å². The molecular weight excluding hydrogens is 298 g/mol. The van der Waals surface area contributed by atoms with Gasteiger partial charge < -0.3 is 4.90 Å². The van der Waals surface area contributed by atoms with Crippen LogP contribution in [0.1, 0.15) is 31.4 Å². The van der Waals surface area contributed by atoms with Crippen LogP contribution < -0.4 is 0 Å². The number of halogens is 2. The molecule has 0 bridgehead atoms. The van der Waals surface area contributed by atoms with Crippen molar-refractivity contribution in [2.75, 3.05) is 13.1 Å². The van der Waals surface area contributed by atoms with Crippen molar-refractivity contribution >= 4 is 5.91 Å². The molecule has 3 nitrogen and oxygen atoms in total. The highest BCUT2D eigenvalue weighted by molar-refractivity contribution is 5.73. The van der Waals surface area contributed by atoms with E-state index < -0.39 is 11.6 Å². The molecule has 0 spiro atoms. The molecule has 0 saturated carbocycles. The Morgan fingerprint density at radius 1 is 1.22 bits per heavy atom. The van der Waals surface area contributed by atoms with E-state index in [0.717, 1.165) is 37.2 Å². The number of hydrogen-bond donors (Lipinski definition) is 0. The number of likely N-dealkylation sites (tertiary alicyclic amines) is 1. The normalized spacial score (nSPS) is 18.0. The molecule has 0 N–H and O–H groups in total. The zero-order chi connectivity index (χ0) is 16.4. The van der Waals surface area contributed by atoms with E-state index in [4.69, 9.17) is 0 Å². The van der Waals surface area contributed by atoms with Crippen molar-refractivity contribution < 1.29 is 13.6 Å². The Morgan fingerprint density at radius 2 is 2.04 bits per heavy atom. The minimum atomic E-state index is -0.880. The summed E-state index contributed by atoms with van der Waals surface area (Å²) in [6.45, 7) is 3.02. The first kappa shape index (κ1) is 15.6.